The topological polar surface area (TPSA) is 208 Å². The standard InChI is InChI=1S/C25H28N6O7S/c1-13(2)7-8-31-18-6-3-14(28-11-20(26)32)9-16(18)23(34)22(25(31)35)24-29-17-5-4-15(38-12-21(27)33)10-19(17)39(36,37)30-24/h3-6,9-10,13,28,34H,7-8,11-12H2,1-2H3,(H2,26,32)(H2,27,33)(H,29,30). The van der Waals surface area contributed by atoms with Gasteiger partial charge in [0.2, 0.25) is 5.91 Å². The Morgan fingerprint density at radius 1 is 1.15 bits per heavy atom. The monoisotopic (exact) mass is 556 g/mol. The van der Waals surface area contributed by atoms with Gasteiger partial charge in [-0.3, -0.25) is 14.4 Å². The van der Waals surface area contributed by atoms with Crippen molar-refractivity contribution >= 4 is 50.0 Å². The molecule has 0 saturated heterocycles. The van der Waals surface area contributed by atoms with Crippen LogP contribution in [-0.2, 0) is 26.2 Å². The Morgan fingerprint density at radius 3 is 2.56 bits per heavy atom. The molecule has 13 nitrogen and oxygen atoms in total. The first-order chi connectivity index (χ1) is 18.4. The van der Waals surface area contributed by atoms with E-state index in [0.717, 1.165) is 0 Å². The lowest BCUT2D eigenvalue weighted by molar-refractivity contribution is -0.120. The molecule has 39 heavy (non-hydrogen) atoms. The van der Waals surface area contributed by atoms with E-state index in [-0.39, 0.29) is 45.6 Å². The number of aryl methyl sites for hydroxylation is 1. The van der Waals surface area contributed by atoms with Gasteiger partial charge >= 0.3 is 0 Å². The largest absolute Gasteiger partial charge is 0.506 e. The number of anilines is 2. The molecule has 0 atom stereocenters. The van der Waals surface area contributed by atoms with Crippen LogP contribution in [0.25, 0.3) is 10.9 Å². The number of amides is 2. The zero-order valence-corrected chi connectivity index (χ0v) is 22.0. The van der Waals surface area contributed by atoms with Crippen molar-refractivity contribution < 1.29 is 27.9 Å². The molecule has 0 spiro atoms. The first-order valence-electron chi connectivity index (χ1n) is 12.0. The minimum Gasteiger partial charge on any atom is -0.506 e. The van der Waals surface area contributed by atoms with Crippen molar-refractivity contribution in [3.63, 3.8) is 0 Å². The lowest BCUT2D eigenvalue weighted by Crippen LogP contribution is -2.33. The number of fused-ring (bicyclic) bond motifs is 2. The van der Waals surface area contributed by atoms with Gasteiger partial charge in [-0.15, -0.1) is 4.40 Å². The van der Waals surface area contributed by atoms with Gasteiger partial charge in [-0.05, 0) is 42.7 Å². The van der Waals surface area contributed by atoms with E-state index in [2.05, 4.69) is 15.0 Å². The quantitative estimate of drug-likeness (QED) is 0.242. The van der Waals surface area contributed by atoms with Crippen molar-refractivity contribution in [2.45, 2.75) is 31.7 Å². The molecule has 0 saturated carbocycles. The number of benzene rings is 2. The molecule has 3 aromatic rings. The predicted octanol–water partition coefficient (Wildman–Crippen LogP) is 1.08. The molecule has 2 heterocycles. The van der Waals surface area contributed by atoms with Crippen LogP contribution in [0.1, 0.15) is 25.8 Å². The summed E-state index contributed by atoms with van der Waals surface area (Å²) < 4.78 is 36.7. The smallest absolute Gasteiger partial charge is 0.286 e. The maximum atomic E-state index is 13.7. The zero-order chi connectivity index (χ0) is 28.5. The molecule has 14 heteroatoms. The van der Waals surface area contributed by atoms with Gasteiger partial charge in [-0.25, -0.2) is 0 Å². The number of carbonyl (C=O) groups is 2. The molecule has 7 N–H and O–H groups in total. The summed E-state index contributed by atoms with van der Waals surface area (Å²) in [5, 5.41) is 17.2. The lowest BCUT2D eigenvalue weighted by Gasteiger charge is -2.21. The molecule has 0 bridgehead atoms. The summed E-state index contributed by atoms with van der Waals surface area (Å²) in [4.78, 5) is 35.7. The molecular weight excluding hydrogens is 528 g/mol. The minimum absolute atomic E-state index is 0.0807. The summed E-state index contributed by atoms with van der Waals surface area (Å²) in [6.45, 7) is 3.69. The van der Waals surface area contributed by atoms with Gasteiger partial charge in [-0.2, -0.15) is 8.42 Å². The summed E-state index contributed by atoms with van der Waals surface area (Å²) in [6, 6.07) is 8.80. The highest BCUT2D eigenvalue weighted by Crippen LogP contribution is 2.35. The second-order valence-corrected chi connectivity index (χ2v) is 10.9. The number of hydrogen-bond acceptors (Lipinski definition) is 9. The molecule has 1 aliphatic rings. The van der Waals surface area contributed by atoms with Crippen LogP contribution < -0.4 is 32.4 Å². The van der Waals surface area contributed by atoms with Gasteiger partial charge in [0.25, 0.3) is 21.5 Å². The fourth-order valence-corrected chi connectivity index (χ4v) is 5.19. The molecule has 1 aromatic heterocycles. The second kappa shape index (κ2) is 10.6. The Kier molecular flexibility index (Phi) is 7.49. The van der Waals surface area contributed by atoms with E-state index in [1.165, 1.54) is 28.8 Å². The van der Waals surface area contributed by atoms with E-state index in [1.54, 1.807) is 12.1 Å². The van der Waals surface area contributed by atoms with Crippen LogP contribution in [0.15, 0.2) is 50.5 Å². The Balaban J connectivity index is 1.86. The molecule has 2 amide bonds. The van der Waals surface area contributed by atoms with Gasteiger partial charge in [0, 0.05) is 23.7 Å². The lowest BCUT2D eigenvalue weighted by atomic mass is 10.1. The van der Waals surface area contributed by atoms with Crippen LogP contribution >= 0.6 is 0 Å². The van der Waals surface area contributed by atoms with Crippen molar-refractivity contribution in [1.29, 1.82) is 0 Å². The second-order valence-electron chi connectivity index (χ2n) is 9.37. The number of nitrogens with two attached hydrogens (primary N) is 2. The van der Waals surface area contributed by atoms with Crippen molar-refractivity contribution in [1.82, 2.24) is 4.57 Å². The van der Waals surface area contributed by atoms with Crippen LogP contribution in [0.2, 0.25) is 0 Å². The molecule has 4 rings (SSSR count). The number of pyridine rings is 1. The van der Waals surface area contributed by atoms with Crippen molar-refractivity contribution in [2.24, 2.45) is 21.8 Å². The fourth-order valence-electron chi connectivity index (χ4n) is 4.05. The molecule has 2 aromatic carbocycles. The molecule has 0 fully saturated rings. The SMILES string of the molecule is CC(C)CCn1c(=O)c(C2=NS(=O)(=O)c3cc(OCC(N)=O)ccc3N2)c(O)c2cc(NCC(N)=O)ccc21. The van der Waals surface area contributed by atoms with Gasteiger partial charge < -0.3 is 36.5 Å². The summed E-state index contributed by atoms with van der Waals surface area (Å²) in [5.74, 6) is -1.82. The molecule has 0 unspecified atom stereocenters. The van der Waals surface area contributed by atoms with Crippen molar-refractivity contribution in [2.75, 3.05) is 23.8 Å². The van der Waals surface area contributed by atoms with Crippen LogP contribution in [-0.4, -0.2) is 48.9 Å². The van der Waals surface area contributed by atoms with Crippen molar-refractivity contribution in [3.8, 4) is 11.5 Å². The number of primary amides is 2. The highest BCUT2D eigenvalue weighted by molar-refractivity contribution is 7.90. The average Bonchev–Trinajstić information content (AvgIpc) is 2.86. The number of aromatic hydroxyl groups is 1. The van der Waals surface area contributed by atoms with Gasteiger partial charge in [0.15, 0.2) is 12.4 Å². The number of nitrogens with one attached hydrogen (secondary N) is 2. The summed E-state index contributed by atoms with van der Waals surface area (Å²) >= 11 is 0. The molecular formula is C25H28N6O7S. The van der Waals surface area contributed by atoms with E-state index in [0.29, 0.717) is 24.2 Å². The summed E-state index contributed by atoms with van der Waals surface area (Å²) in [7, 11) is -4.35. The molecule has 0 aliphatic carbocycles. The zero-order valence-electron chi connectivity index (χ0n) is 21.2. The maximum Gasteiger partial charge on any atom is 0.286 e. The fraction of sp³-hybridized carbons (Fsp3) is 0.280. The number of rotatable bonds is 10. The normalized spacial score (nSPS) is 13.9. The predicted molar refractivity (Wildman–Crippen MR) is 145 cm³/mol. The highest BCUT2D eigenvalue weighted by atomic mass is 32.2. The first kappa shape index (κ1) is 27.4. The summed E-state index contributed by atoms with van der Waals surface area (Å²) in [6.07, 6.45) is 0.635. The Hall–Kier alpha value is -4.59. The number of aromatic nitrogens is 1. The maximum absolute atomic E-state index is 13.7. The molecule has 0 radical (unpaired) electrons. The third-order valence-electron chi connectivity index (χ3n) is 5.95. The Bertz CT molecular complexity index is 1680. The third-order valence-corrected chi connectivity index (χ3v) is 7.27. The van der Waals surface area contributed by atoms with E-state index >= 15 is 0 Å². The van der Waals surface area contributed by atoms with Crippen LogP contribution in [0.5, 0.6) is 11.5 Å². The van der Waals surface area contributed by atoms with Crippen molar-refractivity contribution in [3.05, 3.63) is 52.3 Å². The van der Waals surface area contributed by atoms with Gasteiger partial charge in [-0.1, -0.05) is 13.8 Å². The van der Waals surface area contributed by atoms with Crippen LogP contribution in [0, 0.1) is 5.92 Å². The number of ether oxygens (including phenoxy) is 1. The third kappa shape index (κ3) is 5.80. The number of nitrogens with zero attached hydrogens (tertiary/aromatic N) is 2. The summed E-state index contributed by atoms with van der Waals surface area (Å²) in [5.41, 5.74) is 10.3. The minimum atomic E-state index is -4.35. The number of carbonyl (C=O) groups excluding carboxylic acids is 2. The number of hydrogen-bond donors (Lipinski definition) is 5. The number of sulfonamides is 1. The van der Waals surface area contributed by atoms with Crippen LogP contribution in [0.3, 0.4) is 0 Å². The molecule has 1 aliphatic heterocycles. The van der Waals surface area contributed by atoms with E-state index in [9.17, 15) is 27.9 Å². The van der Waals surface area contributed by atoms with Gasteiger partial charge in [0.05, 0.1) is 17.7 Å². The average molecular weight is 557 g/mol. The highest BCUT2D eigenvalue weighted by Gasteiger charge is 2.30. The van der Waals surface area contributed by atoms with E-state index in [1.807, 2.05) is 13.8 Å². The van der Waals surface area contributed by atoms with Crippen LogP contribution in [0.4, 0.5) is 11.4 Å². The van der Waals surface area contributed by atoms with E-state index in [4.69, 9.17) is 16.2 Å². The molecule has 206 valence electrons. The number of amidine groups is 1. The van der Waals surface area contributed by atoms with E-state index < -0.39 is 39.8 Å². The Morgan fingerprint density at radius 2 is 1.90 bits per heavy atom. The first-order valence-corrected chi connectivity index (χ1v) is 13.4. The van der Waals surface area contributed by atoms with Gasteiger partial charge in [0.1, 0.15) is 22.0 Å². The Labute approximate surface area is 223 Å².